The summed E-state index contributed by atoms with van der Waals surface area (Å²) in [7, 11) is 0. The van der Waals surface area contributed by atoms with E-state index in [-0.39, 0.29) is 49.4 Å². The Labute approximate surface area is 265 Å². The molecule has 4 heterocycles. The molecule has 0 saturated carbocycles. The highest BCUT2D eigenvalue weighted by Crippen LogP contribution is 2.55. The number of rotatable bonds is 10. The van der Waals surface area contributed by atoms with Crippen LogP contribution in [0.1, 0.15) is 76.8 Å². The van der Waals surface area contributed by atoms with Crippen LogP contribution in [0.5, 0.6) is 0 Å². The van der Waals surface area contributed by atoms with Crippen molar-refractivity contribution >= 4 is 23.7 Å². The highest BCUT2D eigenvalue weighted by molar-refractivity contribution is 6.00. The van der Waals surface area contributed by atoms with Crippen LogP contribution >= 0.6 is 0 Å². The minimum atomic E-state index is -1.25. The number of hydrogen-bond acceptors (Lipinski definition) is 7. The number of ether oxygens (including phenoxy) is 2. The number of aliphatic hydroxyl groups is 1. The number of nitrogens with zero attached hydrogens (tertiary/aromatic N) is 2. The van der Waals surface area contributed by atoms with Crippen LogP contribution in [0.2, 0.25) is 0 Å². The predicted octanol–water partition coefficient (Wildman–Crippen LogP) is 3.46. The maximum atomic E-state index is 14.7. The van der Waals surface area contributed by atoms with Crippen molar-refractivity contribution < 1.29 is 33.8 Å². The molecule has 5 bridgehead atoms. The number of benzene rings is 1. The first-order valence-corrected chi connectivity index (χ1v) is 16.6. The molecule has 10 nitrogen and oxygen atoms in total. The van der Waals surface area contributed by atoms with Gasteiger partial charge in [0, 0.05) is 32.2 Å². The van der Waals surface area contributed by atoms with E-state index in [9.17, 15) is 24.3 Å². The molecule has 4 aliphatic heterocycles. The van der Waals surface area contributed by atoms with Gasteiger partial charge in [0.15, 0.2) is 0 Å². The molecule has 0 aliphatic carbocycles. The molecule has 0 aromatic heterocycles. The van der Waals surface area contributed by atoms with Crippen LogP contribution in [-0.4, -0.2) is 88.7 Å². The van der Waals surface area contributed by atoms with Crippen LogP contribution in [0.4, 0.5) is 0 Å². The molecule has 0 radical (unpaired) electrons. The van der Waals surface area contributed by atoms with Crippen molar-refractivity contribution in [2.24, 2.45) is 11.8 Å². The summed E-state index contributed by atoms with van der Waals surface area (Å²) in [6.45, 7) is 4.86. The quantitative estimate of drug-likeness (QED) is 0.233. The van der Waals surface area contributed by atoms with E-state index in [1.165, 1.54) is 0 Å². The molecule has 2 N–H and O–H groups in total. The van der Waals surface area contributed by atoms with Gasteiger partial charge in [0.2, 0.25) is 17.7 Å². The molecule has 45 heavy (non-hydrogen) atoms. The van der Waals surface area contributed by atoms with Crippen molar-refractivity contribution in [2.75, 3.05) is 26.3 Å². The lowest BCUT2D eigenvalue weighted by molar-refractivity contribution is -0.149. The van der Waals surface area contributed by atoms with Crippen molar-refractivity contribution in [3.8, 4) is 0 Å². The molecule has 3 amide bonds. The Hall–Kier alpha value is -3.50. The standard InChI is InChI=1S/C35H47N3O7/c1-3-14-24(2)37-20-12-7-10-17-28(40)44-23-26(25-15-8-6-9-16-25)36-32(41)29-27-18-19-35(45-27)30(29)33(42)38(31(35)34(37)43)21-11-4-5-13-22-39/h6-9,12,15-16,18-19,24,26-27,29-31,39H,3-5,10-11,13-14,17,20-23H2,1-2H3,(H,36,41)/b12-7-/t24?,26-,27-,29+,30+,31-,35+/m1/s1. The lowest BCUT2D eigenvalue weighted by Crippen LogP contribution is -2.57. The fourth-order valence-electron chi connectivity index (χ4n) is 7.38. The first-order valence-electron chi connectivity index (χ1n) is 16.6. The van der Waals surface area contributed by atoms with Crippen LogP contribution in [-0.2, 0) is 28.7 Å². The normalized spacial score (nSPS) is 31.6. The third kappa shape index (κ3) is 6.72. The molecule has 1 spiro atoms. The summed E-state index contributed by atoms with van der Waals surface area (Å²) in [5, 5.41) is 12.3. The van der Waals surface area contributed by atoms with Crippen LogP contribution < -0.4 is 5.32 Å². The number of carbonyl (C=O) groups is 4. The number of aliphatic hydroxyl groups excluding tert-OH is 1. The molecule has 2 fully saturated rings. The van der Waals surface area contributed by atoms with Gasteiger partial charge in [-0.25, -0.2) is 0 Å². The summed E-state index contributed by atoms with van der Waals surface area (Å²) in [4.78, 5) is 59.3. The van der Waals surface area contributed by atoms with Gasteiger partial charge in [-0.05, 0) is 38.2 Å². The first kappa shape index (κ1) is 32.9. The van der Waals surface area contributed by atoms with Gasteiger partial charge in [0.05, 0.1) is 24.0 Å². The molecule has 2 saturated heterocycles. The minimum absolute atomic E-state index is 0.0421. The third-order valence-electron chi connectivity index (χ3n) is 9.65. The van der Waals surface area contributed by atoms with Crippen LogP contribution in [0.3, 0.4) is 0 Å². The molecule has 4 aliphatic rings. The SMILES string of the molecule is CCCC(C)N1C/C=C\CCC(=O)OC[C@H](c2ccccc2)NC(=O)[C@@H]2[C@H]3C(=O)N(CCCCCCO)[C@H](C1=O)[C@]31C=C[C@H]2O1. The molecule has 5 rings (SSSR count). The number of fused-ring (bicyclic) bond motifs is 2. The Kier molecular flexibility index (Phi) is 10.8. The molecular formula is C35H47N3O7. The summed E-state index contributed by atoms with van der Waals surface area (Å²) < 4.78 is 12.2. The monoisotopic (exact) mass is 621 g/mol. The van der Waals surface area contributed by atoms with Crippen LogP contribution in [0, 0.1) is 11.8 Å². The van der Waals surface area contributed by atoms with E-state index in [1.54, 1.807) is 4.90 Å². The number of amides is 3. The summed E-state index contributed by atoms with van der Waals surface area (Å²) >= 11 is 0. The molecule has 10 heteroatoms. The number of likely N-dealkylation sites (tertiary alicyclic amines) is 1. The minimum Gasteiger partial charge on any atom is -0.463 e. The summed E-state index contributed by atoms with van der Waals surface area (Å²) in [5.41, 5.74) is -0.468. The lowest BCUT2D eigenvalue weighted by atomic mass is 9.74. The smallest absolute Gasteiger partial charge is 0.306 e. The topological polar surface area (TPSA) is 125 Å². The lowest BCUT2D eigenvalue weighted by Gasteiger charge is -2.38. The van der Waals surface area contributed by atoms with Crippen LogP contribution in [0.15, 0.2) is 54.6 Å². The number of carbonyl (C=O) groups excluding carboxylic acids is 4. The van der Waals surface area contributed by atoms with E-state index in [2.05, 4.69) is 12.2 Å². The van der Waals surface area contributed by atoms with Gasteiger partial charge in [0.1, 0.15) is 18.2 Å². The van der Waals surface area contributed by atoms with E-state index in [4.69, 9.17) is 9.47 Å². The number of unbranched alkanes of at least 4 members (excludes halogenated alkanes) is 3. The zero-order chi connectivity index (χ0) is 32.0. The maximum Gasteiger partial charge on any atom is 0.306 e. The highest BCUT2D eigenvalue weighted by Gasteiger charge is 2.73. The number of nitrogens with one attached hydrogen (secondary N) is 1. The average Bonchev–Trinajstić information content (AvgIpc) is 3.68. The average molecular weight is 622 g/mol. The van der Waals surface area contributed by atoms with Gasteiger partial charge in [-0.15, -0.1) is 0 Å². The zero-order valence-corrected chi connectivity index (χ0v) is 26.4. The molecule has 244 valence electrons. The summed E-state index contributed by atoms with van der Waals surface area (Å²) in [6, 6.07) is 7.71. The second-order valence-electron chi connectivity index (χ2n) is 12.7. The Bertz CT molecular complexity index is 1280. The predicted molar refractivity (Wildman–Crippen MR) is 168 cm³/mol. The Morgan fingerprint density at radius 1 is 1.04 bits per heavy atom. The van der Waals surface area contributed by atoms with Gasteiger partial charge in [-0.3, -0.25) is 19.2 Å². The third-order valence-corrected chi connectivity index (χ3v) is 9.65. The molecular weight excluding hydrogens is 574 g/mol. The van der Waals surface area contributed by atoms with Gasteiger partial charge >= 0.3 is 5.97 Å². The zero-order valence-electron chi connectivity index (χ0n) is 26.4. The largest absolute Gasteiger partial charge is 0.463 e. The number of esters is 1. The Morgan fingerprint density at radius 2 is 1.82 bits per heavy atom. The first-order chi connectivity index (χ1) is 21.8. The molecule has 7 atom stereocenters. The summed E-state index contributed by atoms with van der Waals surface area (Å²) in [5.74, 6) is -2.87. The number of hydrogen-bond donors (Lipinski definition) is 2. The van der Waals surface area contributed by atoms with E-state index < -0.39 is 35.6 Å². The van der Waals surface area contributed by atoms with E-state index in [0.717, 1.165) is 31.2 Å². The van der Waals surface area contributed by atoms with Crippen LogP contribution in [0.25, 0.3) is 0 Å². The van der Waals surface area contributed by atoms with E-state index in [0.29, 0.717) is 32.4 Å². The maximum absolute atomic E-state index is 14.7. The fourth-order valence-corrected chi connectivity index (χ4v) is 7.38. The second-order valence-corrected chi connectivity index (χ2v) is 12.7. The highest BCUT2D eigenvalue weighted by atomic mass is 16.5. The Balaban J connectivity index is 1.52. The van der Waals surface area contributed by atoms with Gasteiger partial charge in [-0.1, -0.05) is 80.8 Å². The second kappa shape index (κ2) is 14.7. The van der Waals surface area contributed by atoms with Crippen molar-refractivity contribution in [1.29, 1.82) is 0 Å². The van der Waals surface area contributed by atoms with Gasteiger partial charge in [0.25, 0.3) is 0 Å². The van der Waals surface area contributed by atoms with Crippen molar-refractivity contribution in [3.05, 3.63) is 60.2 Å². The van der Waals surface area contributed by atoms with Gasteiger partial charge < -0.3 is 29.7 Å². The van der Waals surface area contributed by atoms with Crippen molar-refractivity contribution in [1.82, 2.24) is 15.1 Å². The molecule has 1 aromatic carbocycles. The summed E-state index contributed by atoms with van der Waals surface area (Å²) in [6.07, 6.45) is 12.1. The van der Waals surface area contributed by atoms with Crippen molar-refractivity contribution in [3.63, 3.8) is 0 Å². The van der Waals surface area contributed by atoms with Crippen molar-refractivity contribution in [2.45, 2.75) is 95.0 Å². The molecule has 1 aromatic rings. The van der Waals surface area contributed by atoms with Gasteiger partial charge in [-0.2, -0.15) is 0 Å². The fraction of sp³-hybridized carbons (Fsp3) is 0.600. The number of allylic oxidation sites excluding steroid dienone is 1. The Morgan fingerprint density at radius 3 is 2.58 bits per heavy atom. The van der Waals surface area contributed by atoms with E-state index >= 15 is 0 Å². The number of cyclic esters (lactones) is 1. The molecule has 1 unspecified atom stereocenters. The van der Waals surface area contributed by atoms with E-state index in [1.807, 2.05) is 66.5 Å².